The molecule has 3 saturated carbocycles. The molecule has 9 unspecified atom stereocenters. The minimum atomic E-state index is 0.359. The molecule has 6 aliphatic rings. The monoisotopic (exact) mass is 394 g/mol. The lowest BCUT2D eigenvalue weighted by Gasteiger charge is -2.39. The zero-order chi connectivity index (χ0) is 18.6. The van der Waals surface area contributed by atoms with E-state index < -0.39 is 0 Å². The zero-order valence-electron chi connectivity index (χ0n) is 16.8. The number of fused-ring (bicyclic) bond motifs is 5. The summed E-state index contributed by atoms with van der Waals surface area (Å²) in [6.45, 7) is 7.71. The summed E-state index contributed by atoms with van der Waals surface area (Å²) in [4.78, 5) is 0. The first-order valence-corrected chi connectivity index (χ1v) is 11.4. The van der Waals surface area contributed by atoms with Crippen molar-refractivity contribution in [1.29, 1.82) is 0 Å². The zero-order valence-corrected chi connectivity index (χ0v) is 16.8. The molecule has 0 spiro atoms. The van der Waals surface area contributed by atoms with E-state index in [1.54, 1.807) is 0 Å². The predicted molar refractivity (Wildman–Crippen MR) is 100 cm³/mol. The van der Waals surface area contributed by atoms with Crippen molar-refractivity contribution in [3.05, 3.63) is 0 Å². The Hall–Kier alpha value is -0.240. The second kappa shape index (κ2) is 7.47. The molecule has 6 nitrogen and oxygen atoms in total. The maximum absolute atomic E-state index is 6.19. The van der Waals surface area contributed by atoms with E-state index in [4.69, 9.17) is 28.4 Å². The summed E-state index contributed by atoms with van der Waals surface area (Å²) in [6.07, 6.45) is 6.36. The first-order valence-electron chi connectivity index (χ1n) is 11.4. The Kier molecular flexibility index (Phi) is 4.94. The molecule has 0 aromatic rings. The largest absolute Gasteiger partial charge is 0.378 e. The third kappa shape index (κ3) is 3.88. The molecule has 6 heteroatoms. The van der Waals surface area contributed by atoms with E-state index >= 15 is 0 Å². The number of hydrogen-bond acceptors (Lipinski definition) is 6. The molecule has 0 aromatic heterocycles. The van der Waals surface area contributed by atoms with Gasteiger partial charge in [0.25, 0.3) is 0 Å². The van der Waals surface area contributed by atoms with Gasteiger partial charge in [-0.1, -0.05) is 0 Å². The van der Waals surface area contributed by atoms with Crippen LogP contribution in [-0.2, 0) is 28.4 Å². The average molecular weight is 395 g/mol. The molecule has 158 valence electrons. The predicted octanol–water partition coefficient (Wildman–Crippen LogP) is 1.90. The lowest BCUT2D eigenvalue weighted by atomic mass is 9.69. The van der Waals surface area contributed by atoms with Crippen molar-refractivity contribution in [2.45, 2.75) is 44.0 Å². The molecule has 3 saturated heterocycles. The highest BCUT2D eigenvalue weighted by atomic mass is 16.6. The average Bonchev–Trinajstić information content (AvgIpc) is 3.58. The van der Waals surface area contributed by atoms with Crippen LogP contribution in [0.1, 0.15) is 25.7 Å². The van der Waals surface area contributed by atoms with Crippen LogP contribution in [0.4, 0.5) is 0 Å². The molecule has 0 radical (unpaired) electrons. The van der Waals surface area contributed by atoms with Gasteiger partial charge in [0.15, 0.2) is 0 Å². The molecule has 0 N–H and O–H groups in total. The Balaban J connectivity index is 1.07. The minimum Gasteiger partial charge on any atom is -0.378 e. The van der Waals surface area contributed by atoms with Gasteiger partial charge in [-0.25, -0.2) is 0 Å². The van der Waals surface area contributed by atoms with Gasteiger partial charge < -0.3 is 28.4 Å². The van der Waals surface area contributed by atoms with Crippen molar-refractivity contribution >= 4 is 0 Å². The van der Waals surface area contributed by atoms with Crippen LogP contribution < -0.4 is 0 Å². The minimum absolute atomic E-state index is 0.359. The fourth-order valence-corrected chi connectivity index (χ4v) is 6.70. The first kappa shape index (κ1) is 18.5. The fourth-order valence-electron chi connectivity index (χ4n) is 6.70. The van der Waals surface area contributed by atoms with Gasteiger partial charge in [0.05, 0.1) is 46.2 Å². The second-order valence-electron chi connectivity index (χ2n) is 10.3. The van der Waals surface area contributed by atoms with E-state index in [9.17, 15) is 0 Å². The van der Waals surface area contributed by atoms with Gasteiger partial charge in [-0.2, -0.15) is 0 Å². The Morgan fingerprint density at radius 3 is 2.00 bits per heavy atom. The molecular weight excluding hydrogens is 360 g/mol. The van der Waals surface area contributed by atoms with Gasteiger partial charge in [-0.15, -0.1) is 0 Å². The van der Waals surface area contributed by atoms with Crippen molar-refractivity contribution in [2.75, 3.05) is 59.5 Å². The molecular formula is C22H34O6. The highest BCUT2D eigenvalue weighted by molar-refractivity contribution is 5.12. The molecule has 3 aliphatic heterocycles. The van der Waals surface area contributed by atoms with Gasteiger partial charge in [-0.05, 0) is 60.7 Å². The molecule has 6 fully saturated rings. The van der Waals surface area contributed by atoms with Gasteiger partial charge in [0, 0.05) is 13.2 Å². The first-order chi connectivity index (χ1) is 13.8. The van der Waals surface area contributed by atoms with Crippen molar-refractivity contribution < 1.29 is 28.4 Å². The molecule has 0 aromatic carbocycles. The van der Waals surface area contributed by atoms with E-state index in [0.29, 0.717) is 35.6 Å². The van der Waals surface area contributed by atoms with Crippen LogP contribution in [0, 0.1) is 35.0 Å². The summed E-state index contributed by atoms with van der Waals surface area (Å²) >= 11 is 0. The van der Waals surface area contributed by atoms with Gasteiger partial charge in [0.2, 0.25) is 0 Å². The van der Waals surface area contributed by atoms with Crippen LogP contribution in [0.25, 0.3) is 0 Å². The van der Waals surface area contributed by atoms with Crippen molar-refractivity contribution in [3.63, 3.8) is 0 Å². The molecule has 2 bridgehead atoms. The SMILES string of the molecule is C(OCC1CO1)C1CC2C3CC(COCC4CO4)(CC3COCC3CO3)C2C1. The molecule has 3 heterocycles. The second-order valence-corrected chi connectivity index (χ2v) is 10.3. The summed E-state index contributed by atoms with van der Waals surface area (Å²) in [5.74, 6) is 3.86. The van der Waals surface area contributed by atoms with Crippen LogP contribution in [-0.4, -0.2) is 77.8 Å². The number of hydrogen-bond donors (Lipinski definition) is 0. The highest BCUT2D eigenvalue weighted by Gasteiger charge is 2.63. The Labute approximate surface area is 167 Å². The Bertz CT molecular complexity index is 559. The highest BCUT2D eigenvalue weighted by Crippen LogP contribution is 2.68. The summed E-state index contributed by atoms with van der Waals surface area (Å²) in [5, 5.41) is 0. The van der Waals surface area contributed by atoms with Crippen LogP contribution in [0.3, 0.4) is 0 Å². The fraction of sp³-hybridized carbons (Fsp3) is 1.00. The third-order valence-electron chi connectivity index (χ3n) is 8.16. The topological polar surface area (TPSA) is 65.3 Å². The number of epoxide rings is 3. The van der Waals surface area contributed by atoms with Gasteiger partial charge in [0.1, 0.15) is 18.3 Å². The van der Waals surface area contributed by atoms with E-state index in [0.717, 1.165) is 77.2 Å². The van der Waals surface area contributed by atoms with Crippen molar-refractivity contribution in [2.24, 2.45) is 35.0 Å². The van der Waals surface area contributed by atoms with Crippen molar-refractivity contribution in [3.8, 4) is 0 Å². The summed E-state index contributed by atoms with van der Waals surface area (Å²) < 4.78 is 34.1. The molecule has 28 heavy (non-hydrogen) atoms. The Morgan fingerprint density at radius 1 is 0.679 bits per heavy atom. The molecule has 0 amide bonds. The van der Waals surface area contributed by atoms with Crippen LogP contribution in [0.15, 0.2) is 0 Å². The number of ether oxygens (including phenoxy) is 6. The van der Waals surface area contributed by atoms with E-state index in [-0.39, 0.29) is 0 Å². The summed E-state index contributed by atoms with van der Waals surface area (Å²) in [6, 6.07) is 0. The lowest BCUT2D eigenvalue weighted by molar-refractivity contribution is -0.0181. The van der Waals surface area contributed by atoms with Crippen LogP contribution in [0.5, 0.6) is 0 Å². The van der Waals surface area contributed by atoms with E-state index in [2.05, 4.69) is 0 Å². The maximum Gasteiger partial charge on any atom is 0.104 e. The van der Waals surface area contributed by atoms with Crippen molar-refractivity contribution in [1.82, 2.24) is 0 Å². The lowest BCUT2D eigenvalue weighted by Crippen LogP contribution is -2.37. The normalized spacial score (nSPS) is 50.1. The van der Waals surface area contributed by atoms with Gasteiger partial charge in [-0.3, -0.25) is 0 Å². The molecule has 3 aliphatic carbocycles. The van der Waals surface area contributed by atoms with Crippen LogP contribution >= 0.6 is 0 Å². The smallest absolute Gasteiger partial charge is 0.104 e. The summed E-state index contributed by atoms with van der Waals surface area (Å²) in [7, 11) is 0. The van der Waals surface area contributed by atoms with Crippen LogP contribution in [0.2, 0.25) is 0 Å². The standard InChI is InChI=1S/C22H34O6/c1-14(5-23-7-16-10-26-16)2-21-19(1)20-4-22(21,13-25-9-18-12-28-18)3-15(20)6-24-8-17-11-27-17/h14-21H,1-13H2. The maximum atomic E-state index is 6.19. The number of rotatable bonds is 12. The van der Waals surface area contributed by atoms with E-state index in [1.165, 1.54) is 25.7 Å². The quantitative estimate of drug-likeness (QED) is 0.471. The molecule has 9 atom stereocenters. The molecule has 6 rings (SSSR count). The summed E-state index contributed by atoms with van der Waals surface area (Å²) in [5.41, 5.74) is 0.364. The van der Waals surface area contributed by atoms with E-state index in [1.807, 2.05) is 0 Å². The third-order valence-corrected chi connectivity index (χ3v) is 8.16. The Morgan fingerprint density at radius 2 is 1.32 bits per heavy atom. The van der Waals surface area contributed by atoms with Gasteiger partial charge >= 0.3 is 0 Å².